The molecule has 41 heavy (non-hydrogen) atoms. The van der Waals surface area contributed by atoms with Gasteiger partial charge in [-0.15, -0.1) is 0 Å². The summed E-state index contributed by atoms with van der Waals surface area (Å²) in [6.45, 7) is -1.33. The Balaban J connectivity index is 1.42. The molecule has 12 nitrogen and oxygen atoms in total. The number of rotatable bonds is 5. The standard InChI is InChI=1S/C27H25F2N7O5/c1-12-15(10-31-24(33-12)26(30)6-3-7-26)16-9-17-21-14-8-18(22(21)34-35(17)11-32-16)36(27(38,39)40)23(37)13-4-2-5-19(20(13)14)41-25(28)29/h2,4-5,9-11,14,18,25,38-40H,3,6-8,30H2,1H3. The van der Waals surface area contributed by atoms with Crippen molar-refractivity contribution in [2.45, 2.75) is 62.8 Å². The summed E-state index contributed by atoms with van der Waals surface area (Å²) < 4.78 is 33.1. The van der Waals surface area contributed by atoms with Gasteiger partial charge in [0.05, 0.1) is 34.2 Å². The van der Waals surface area contributed by atoms with Crippen LogP contribution in [0.1, 0.15) is 76.3 Å². The Morgan fingerprint density at radius 2 is 1.95 bits per heavy atom. The van der Waals surface area contributed by atoms with E-state index < -0.39 is 36.1 Å². The molecular formula is C27H25F2N7O5. The molecule has 212 valence electrons. The van der Waals surface area contributed by atoms with Crippen molar-refractivity contribution >= 4 is 11.4 Å². The van der Waals surface area contributed by atoms with Gasteiger partial charge in [0.1, 0.15) is 17.9 Å². The lowest BCUT2D eigenvalue weighted by Crippen LogP contribution is -2.53. The summed E-state index contributed by atoms with van der Waals surface area (Å²) >= 11 is 0. The molecule has 0 saturated heterocycles. The molecule has 0 spiro atoms. The number of alkyl halides is 2. The number of halogens is 2. The van der Waals surface area contributed by atoms with Crippen LogP contribution in [0, 0.1) is 6.92 Å². The molecule has 4 heterocycles. The average Bonchev–Trinajstić information content (AvgIpc) is 3.39. The summed E-state index contributed by atoms with van der Waals surface area (Å²) in [5.74, 6) is -1.34. The van der Waals surface area contributed by atoms with Crippen LogP contribution in [0.5, 0.6) is 5.75 Å². The van der Waals surface area contributed by atoms with Crippen LogP contribution in [-0.4, -0.2) is 63.4 Å². The number of aliphatic hydroxyl groups is 3. The van der Waals surface area contributed by atoms with Gasteiger partial charge in [0.15, 0.2) is 0 Å². The Kier molecular flexibility index (Phi) is 5.48. The second-order valence-corrected chi connectivity index (χ2v) is 10.8. The topological polar surface area (TPSA) is 172 Å². The highest BCUT2D eigenvalue weighted by Crippen LogP contribution is 2.54. The van der Waals surface area contributed by atoms with E-state index >= 15 is 0 Å². The van der Waals surface area contributed by atoms with Crippen LogP contribution >= 0.6 is 0 Å². The predicted molar refractivity (Wildman–Crippen MR) is 136 cm³/mol. The first-order valence-electron chi connectivity index (χ1n) is 13.1. The van der Waals surface area contributed by atoms with Gasteiger partial charge in [-0.3, -0.25) is 9.69 Å². The van der Waals surface area contributed by atoms with Gasteiger partial charge in [-0.25, -0.2) is 19.5 Å². The van der Waals surface area contributed by atoms with E-state index in [1.807, 2.05) is 6.92 Å². The zero-order chi connectivity index (χ0) is 28.8. The van der Waals surface area contributed by atoms with Crippen molar-refractivity contribution in [1.29, 1.82) is 0 Å². The lowest BCUT2D eigenvalue weighted by Gasteiger charge is -2.36. The molecule has 2 bridgehead atoms. The van der Waals surface area contributed by atoms with Gasteiger partial charge in [-0.2, -0.15) is 13.9 Å². The normalized spacial score (nSPS) is 21.1. The minimum absolute atomic E-state index is 0.0347. The van der Waals surface area contributed by atoms with Gasteiger partial charge >= 0.3 is 12.7 Å². The zero-order valence-corrected chi connectivity index (χ0v) is 21.7. The number of hydrogen-bond donors (Lipinski definition) is 4. The molecule has 14 heteroatoms. The molecule has 0 radical (unpaired) electrons. The van der Waals surface area contributed by atoms with Crippen LogP contribution in [0.3, 0.4) is 0 Å². The molecule has 2 unspecified atom stereocenters. The SMILES string of the molecule is Cc1nc(C2(N)CCC2)ncc1-c1cc2c3c(nn2cn1)C1CC3c2c(OC(F)F)cccc2C(=O)N1C(O)(O)O. The average molecular weight is 566 g/mol. The van der Waals surface area contributed by atoms with Crippen LogP contribution in [0.25, 0.3) is 16.8 Å². The van der Waals surface area contributed by atoms with Crippen molar-refractivity contribution in [3.63, 3.8) is 0 Å². The third-order valence-electron chi connectivity index (χ3n) is 8.38. The summed E-state index contributed by atoms with van der Waals surface area (Å²) in [6, 6.07) is 4.69. The van der Waals surface area contributed by atoms with Gasteiger partial charge in [-0.05, 0) is 50.8 Å². The number of aromatic nitrogens is 5. The second-order valence-electron chi connectivity index (χ2n) is 10.8. The minimum atomic E-state index is -3.55. The number of nitrogens with two attached hydrogens (primary N) is 1. The number of nitrogens with zero attached hydrogens (tertiary/aromatic N) is 6. The van der Waals surface area contributed by atoms with E-state index in [-0.39, 0.29) is 29.0 Å². The second kappa shape index (κ2) is 8.69. The third kappa shape index (κ3) is 3.82. The molecule has 1 amide bonds. The molecule has 2 aliphatic carbocycles. The molecule has 1 saturated carbocycles. The molecule has 1 fully saturated rings. The monoisotopic (exact) mass is 565 g/mol. The quantitative estimate of drug-likeness (QED) is 0.263. The highest BCUT2D eigenvalue weighted by Gasteiger charge is 2.52. The Morgan fingerprint density at radius 3 is 2.61 bits per heavy atom. The van der Waals surface area contributed by atoms with E-state index in [2.05, 4.69) is 20.1 Å². The largest absolute Gasteiger partial charge is 0.434 e. The van der Waals surface area contributed by atoms with Gasteiger partial charge in [0.2, 0.25) is 0 Å². The molecule has 7 rings (SSSR count). The van der Waals surface area contributed by atoms with E-state index in [1.165, 1.54) is 29.0 Å². The van der Waals surface area contributed by atoms with Gasteiger partial charge in [0.25, 0.3) is 5.91 Å². The van der Waals surface area contributed by atoms with Crippen molar-refractivity contribution in [2.75, 3.05) is 0 Å². The van der Waals surface area contributed by atoms with E-state index in [1.54, 1.807) is 12.3 Å². The Labute approximate surface area is 231 Å². The van der Waals surface area contributed by atoms with E-state index in [0.717, 1.165) is 19.3 Å². The highest BCUT2D eigenvalue weighted by atomic mass is 19.3. The summed E-state index contributed by atoms with van der Waals surface area (Å²) in [6.07, 6.45) is 2.26. The van der Waals surface area contributed by atoms with Crippen LogP contribution in [-0.2, 0) is 5.54 Å². The molecule has 2 atom stereocenters. The van der Waals surface area contributed by atoms with Crippen molar-refractivity contribution in [1.82, 2.24) is 29.5 Å². The number of amides is 1. The predicted octanol–water partition coefficient (Wildman–Crippen LogP) is 2.05. The molecule has 1 aromatic carbocycles. The summed E-state index contributed by atoms with van der Waals surface area (Å²) in [4.78, 5) is 27.6. The Hall–Kier alpha value is -4.11. The Morgan fingerprint density at radius 1 is 1.17 bits per heavy atom. The fraction of sp³-hybridized carbons (Fsp3) is 0.370. The van der Waals surface area contributed by atoms with Crippen molar-refractivity contribution < 1.29 is 33.6 Å². The number of ether oxygens (including phenoxy) is 1. The molecule has 1 aliphatic heterocycles. The highest BCUT2D eigenvalue weighted by molar-refractivity contribution is 5.98. The summed E-state index contributed by atoms with van der Waals surface area (Å²) in [7, 11) is 0. The number of benzene rings is 1. The third-order valence-corrected chi connectivity index (χ3v) is 8.38. The fourth-order valence-electron chi connectivity index (χ4n) is 6.33. The first kappa shape index (κ1) is 25.8. The van der Waals surface area contributed by atoms with Crippen molar-refractivity contribution in [3.05, 3.63) is 70.7 Å². The first-order chi connectivity index (χ1) is 19.5. The molecule has 3 aromatic heterocycles. The maximum Gasteiger partial charge on any atom is 0.387 e. The maximum absolute atomic E-state index is 13.5. The van der Waals surface area contributed by atoms with Gasteiger partial charge in [-0.1, -0.05) is 6.07 Å². The van der Waals surface area contributed by atoms with Crippen molar-refractivity contribution in [2.24, 2.45) is 5.73 Å². The smallest absolute Gasteiger partial charge is 0.387 e. The summed E-state index contributed by atoms with van der Waals surface area (Å²) in [5.41, 5.74) is 9.13. The zero-order valence-electron chi connectivity index (χ0n) is 21.7. The number of fused-ring (bicyclic) bond motifs is 9. The van der Waals surface area contributed by atoms with E-state index in [9.17, 15) is 28.9 Å². The van der Waals surface area contributed by atoms with Gasteiger partial charge < -0.3 is 25.8 Å². The summed E-state index contributed by atoms with van der Waals surface area (Å²) in [5, 5.41) is 35.2. The number of aryl methyl sites for hydroxylation is 1. The van der Waals surface area contributed by atoms with Crippen molar-refractivity contribution in [3.8, 4) is 17.0 Å². The van der Waals surface area contributed by atoms with E-state index in [4.69, 9.17) is 10.5 Å². The van der Waals surface area contributed by atoms with Gasteiger partial charge in [0, 0.05) is 34.4 Å². The molecular weight excluding hydrogens is 540 g/mol. The number of carbonyl (C=O) groups is 1. The lowest BCUT2D eigenvalue weighted by atomic mass is 9.77. The van der Waals surface area contributed by atoms with E-state index in [0.29, 0.717) is 38.8 Å². The lowest BCUT2D eigenvalue weighted by molar-refractivity contribution is -0.385. The Bertz CT molecular complexity index is 1730. The molecule has 4 aromatic rings. The number of hydrogen-bond acceptors (Lipinski definition) is 10. The van der Waals surface area contributed by atoms with Crippen LogP contribution in [0.2, 0.25) is 0 Å². The maximum atomic E-state index is 13.5. The minimum Gasteiger partial charge on any atom is -0.434 e. The fourth-order valence-corrected chi connectivity index (χ4v) is 6.33. The molecule has 3 aliphatic rings. The van der Waals surface area contributed by atoms with Crippen LogP contribution in [0.4, 0.5) is 8.78 Å². The molecule has 5 N–H and O–H groups in total. The van der Waals surface area contributed by atoms with Crippen LogP contribution in [0.15, 0.2) is 36.8 Å². The first-order valence-corrected chi connectivity index (χ1v) is 13.1. The number of carbonyl (C=O) groups excluding carboxylic acids is 1. The van der Waals surface area contributed by atoms with Crippen LogP contribution < -0.4 is 10.5 Å².